The van der Waals surface area contributed by atoms with Gasteiger partial charge in [0.1, 0.15) is 5.75 Å². The number of ether oxygens (including phenoxy) is 2. The molecular formula is C18H19N3O3. The van der Waals surface area contributed by atoms with Gasteiger partial charge in [-0.2, -0.15) is 0 Å². The Labute approximate surface area is 139 Å². The highest BCUT2D eigenvalue weighted by Gasteiger charge is 2.57. The third kappa shape index (κ3) is 2.06. The summed E-state index contributed by atoms with van der Waals surface area (Å²) in [5.74, 6) is 1.83. The molecular weight excluding hydrogens is 306 g/mol. The van der Waals surface area contributed by atoms with Gasteiger partial charge in [-0.3, -0.25) is 4.79 Å². The number of amides is 1. The number of hydrogen-bond acceptors (Lipinski definition) is 5. The van der Waals surface area contributed by atoms with Crippen molar-refractivity contribution in [3.05, 3.63) is 30.0 Å². The van der Waals surface area contributed by atoms with Crippen LogP contribution in [0.5, 0.6) is 11.6 Å². The first-order valence-electron chi connectivity index (χ1n) is 8.38. The predicted molar refractivity (Wildman–Crippen MR) is 88.2 cm³/mol. The van der Waals surface area contributed by atoms with Crippen molar-refractivity contribution in [1.82, 2.24) is 15.6 Å². The predicted octanol–water partition coefficient (Wildman–Crippen LogP) is 1.69. The number of piperidine rings is 1. The Morgan fingerprint density at radius 2 is 2.38 bits per heavy atom. The lowest BCUT2D eigenvalue weighted by Crippen LogP contribution is -2.41. The Morgan fingerprint density at radius 1 is 1.46 bits per heavy atom. The van der Waals surface area contributed by atoms with Gasteiger partial charge in [0.25, 0.3) is 5.91 Å². The Bertz CT molecular complexity index is 853. The molecule has 3 atom stereocenters. The molecule has 0 bridgehead atoms. The second kappa shape index (κ2) is 4.83. The van der Waals surface area contributed by atoms with Crippen LogP contribution in [0, 0.1) is 11.3 Å². The fourth-order valence-corrected chi connectivity index (χ4v) is 3.92. The topological polar surface area (TPSA) is 72.5 Å². The monoisotopic (exact) mass is 325 g/mol. The summed E-state index contributed by atoms with van der Waals surface area (Å²) in [5, 5.41) is 8.01. The second-order valence-electron chi connectivity index (χ2n) is 7.10. The van der Waals surface area contributed by atoms with E-state index in [-0.39, 0.29) is 12.1 Å². The lowest BCUT2D eigenvalue weighted by atomic mass is 10.1. The van der Waals surface area contributed by atoms with E-state index >= 15 is 0 Å². The molecule has 124 valence electrons. The first-order chi connectivity index (χ1) is 11.6. The van der Waals surface area contributed by atoms with Crippen molar-refractivity contribution in [2.24, 2.45) is 11.3 Å². The molecule has 1 aromatic heterocycles. The average molecular weight is 325 g/mol. The zero-order valence-corrected chi connectivity index (χ0v) is 13.5. The fraction of sp³-hybridized carbons (Fsp3) is 0.444. The average Bonchev–Trinajstić information content (AvgIpc) is 3.11. The molecule has 24 heavy (non-hydrogen) atoms. The highest BCUT2D eigenvalue weighted by Crippen LogP contribution is 2.55. The molecule has 1 unspecified atom stereocenters. The van der Waals surface area contributed by atoms with E-state index in [1.807, 2.05) is 25.1 Å². The van der Waals surface area contributed by atoms with Gasteiger partial charge in [0.2, 0.25) is 5.88 Å². The molecule has 0 radical (unpaired) electrons. The van der Waals surface area contributed by atoms with Crippen molar-refractivity contribution in [2.75, 3.05) is 19.7 Å². The van der Waals surface area contributed by atoms with Crippen LogP contribution in [-0.2, 0) is 0 Å². The molecule has 1 saturated heterocycles. The standard InChI is InChI=1S/C18H19N3O3/c1-10-21-16(22)14-4-11-2-3-20-17(13(11)5-15(14)24-10)23-9-18-6-12(18)7-19-8-18/h2-5,10,12,19H,6-9H2,1H3,(H,21,22)/t10?,12-,18+/m1/s1. The van der Waals surface area contributed by atoms with Gasteiger partial charge in [-0.1, -0.05) is 0 Å². The van der Waals surface area contributed by atoms with Crippen LogP contribution in [0.4, 0.5) is 0 Å². The van der Waals surface area contributed by atoms with Gasteiger partial charge < -0.3 is 20.1 Å². The van der Waals surface area contributed by atoms with Crippen LogP contribution in [0.2, 0.25) is 0 Å². The summed E-state index contributed by atoms with van der Waals surface area (Å²) in [7, 11) is 0. The Morgan fingerprint density at radius 3 is 3.17 bits per heavy atom. The van der Waals surface area contributed by atoms with Gasteiger partial charge in [-0.25, -0.2) is 4.98 Å². The largest absolute Gasteiger partial charge is 0.477 e. The van der Waals surface area contributed by atoms with E-state index in [1.54, 1.807) is 6.20 Å². The molecule has 1 aliphatic carbocycles. The van der Waals surface area contributed by atoms with E-state index in [4.69, 9.17) is 9.47 Å². The lowest BCUT2D eigenvalue weighted by Gasteiger charge is -2.24. The number of fused-ring (bicyclic) bond motifs is 3. The van der Waals surface area contributed by atoms with E-state index < -0.39 is 0 Å². The smallest absolute Gasteiger partial charge is 0.257 e. The molecule has 6 heteroatoms. The Balaban J connectivity index is 1.50. The van der Waals surface area contributed by atoms with E-state index in [0.29, 0.717) is 29.2 Å². The summed E-state index contributed by atoms with van der Waals surface area (Å²) in [5.41, 5.74) is 0.849. The first kappa shape index (κ1) is 14.0. The van der Waals surface area contributed by atoms with Crippen LogP contribution in [0.25, 0.3) is 10.8 Å². The Hall–Kier alpha value is -2.34. The minimum absolute atomic E-state index is 0.110. The van der Waals surface area contributed by atoms with Crippen molar-refractivity contribution in [3.63, 3.8) is 0 Å². The van der Waals surface area contributed by atoms with Crippen LogP contribution in [-0.4, -0.2) is 36.8 Å². The zero-order chi connectivity index (χ0) is 16.3. The number of carbonyl (C=O) groups is 1. The van der Waals surface area contributed by atoms with Crippen molar-refractivity contribution < 1.29 is 14.3 Å². The zero-order valence-electron chi connectivity index (χ0n) is 13.5. The van der Waals surface area contributed by atoms with Crippen LogP contribution >= 0.6 is 0 Å². The maximum absolute atomic E-state index is 12.1. The number of carbonyl (C=O) groups excluding carboxylic acids is 1. The van der Waals surface area contributed by atoms with Crippen molar-refractivity contribution >= 4 is 16.7 Å². The van der Waals surface area contributed by atoms with Gasteiger partial charge in [0.15, 0.2) is 6.23 Å². The fourth-order valence-electron chi connectivity index (χ4n) is 3.92. The van der Waals surface area contributed by atoms with Gasteiger partial charge in [-0.05, 0) is 49.4 Å². The highest BCUT2D eigenvalue weighted by molar-refractivity contribution is 6.03. The van der Waals surface area contributed by atoms with Crippen LogP contribution in [0.3, 0.4) is 0 Å². The third-order valence-electron chi connectivity index (χ3n) is 5.43. The summed E-state index contributed by atoms with van der Waals surface area (Å²) >= 11 is 0. The molecule has 1 aromatic carbocycles. The number of nitrogens with zero attached hydrogens (tertiary/aromatic N) is 1. The molecule has 1 saturated carbocycles. The van der Waals surface area contributed by atoms with Gasteiger partial charge in [-0.15, -0.1) is 0 Å². The first-order valence-corrected chi connectivity index (χ1v) is 8.38. The summed E-state index contributed by atoms with van der Waals surface area (Å²) in [6.45, 7) is 4.62. The Kier molecular flexibility index (Phi) is 2.83. The van der Waals surface area contributed by atoms with Gasteiger partial charge >= 0.3 is 0 Å². The molecule has 2 aliphatic heterocycles. The molecule has 3 aliphatic rings. The maximum Gasteiger partial charge on any atom is 0.257 e. The number of hydrogen-bond donors (Lipinski definition) is 2. The maximum atomic E-state index is 12.1. The van der Waals surface area contributed by atoms with Crippen molar-refractivity contribution in [1.29, 1.82) is 0 Å². The van der Waals surface area contributed by atoms with E-state index in [9.17, 15) is 4.79 Å². The van der Waals surface area contributed by atoms with Crippen molar-refractivity contribution in [3.8, 4) is 11.6 Å². The number of pyridine rings is 1. The molecule has 6 nitrogen and oxygen atoms in total. The molecule has 2 aromatic rings. The molecule has 2 N–H and O–H groups in total. The van der Waals surface area contributed by atoms with E-state index in [2.05, 4.69) is 15.6 Å². The summed E-state index contributed by atoms with van der Waals surface area (Å²) < 4.78 is 11.8. The van der Waals surface area contributed by atoms with Gasteiger partial charge in [0.05, 0.1) is 12.2 Å². The van der Waals surface area contributed by atoms with E-state index in [0.717, 1.165) is 29.8 Å². The number of benzene rings is 1. The summed E-state index contributed by atoms with van der Waals surface area (Å²) in [6, 6.07) is 5.61. The molecule has 3 heterocycles. The summed E-state index contributed by atoms with van der Waals surface area (Å²) in [4.78, 5) is 16.5. The highest BCUT2D eigenvalue weighted by atomic mass is 16.5. The molecule has 5 rings (SSSR count). The number of aromatic nitrogens is 1. The van der Waals surface area contributed by atoms with Crippen LogP contribution in [0.1, 0.15) is 23.7 Å². The quantitative estimate of drug-likeness (QED) is 0.898. The summed E-state index contributed by atoms with van der Waals surface area (Å²) in [6.07, 6.45) is 2.63. The van der Waals surface area contributed by atoms with Crippen molar-refractivity contribution in [2.45, 2.75) is 19.6 Å². The SMILES string of the molecule is CC1NC(=O)c2cc3ccnc(OC[C@]45CNC[C@H]4C5)c3cc2O1. The third-order valence-corrected chi connectivity index (χ3v) is 5.43. The minimum atomic E-state index is -0.334. The number of nitrogens with one attached hydrogen (secondary N) is 2. The minimum Gasteiger partial charge on any atom is -0.477 e. The molecule has 2 fully saturated rings. The van der Waals surface area contributed by atoms with Crippen LogP contribution < -0.4 is 20.1 Å². The van der Waals surface area contributed by atoms with E-state index in [1.165, 1.54) is 6.42 Å². The second-order valence-corrected chi connectivity index (χ2v) is 7.10. The lowest BCUT2D eigenvalue weighted by molar-refractivity contribution is 0.0789. The normalized spacial score (nSPS) is 30.3. The molecule has 0 spiro atoms. The van der Waals surface area contributed by atoms with Gasteiger partial charge in [0, 0.05) is 23.5 Å². The number of rotatable bonds is 3. The molecule has 1 amide bonds. The van der Waals surface area contributed by atoms with Crippen LogP contribution in [0.15, 0.2) is 24.4 Å².